The van der Waals surface area contributed by atoms with Crippen molar-refractivity contribution < 1.29 is 24.2 Å². The molecule has 1 atom stereocenters. The molecule has 0 radical (unpaired) electrons. The summed E-state index contributed by atoms with van der Waals surface area (Å²) in [6.07, 6.45) is 1.60. The number of pyridine rings is 1. The van der Waals surface area contributed by atoms with Crippen LogP contribution in [-0.2, 0) is 16.1 Å². The highest BCUT2D eigenvalue weighted by Crippen LogP contribution is 2.45. The van der Waals surface area contributed by atoms with Gasteiger partial charge in [-0.05, 0) is 30.3 Å². The molecule has 1 fully saturated rings. The molecule has 0 spiro atoms. The Morgan fingerprint density at radius 1 is 1.06 bits per heavy atom. The van der Waals surface area contributed by atoms with E-state index in [1.165, 1.54) is 31.3 Å². The van der Waals surface area contributed by atoms with Crippen molar-refractivity contribution in [2.75, 3.05) is 14.2 Å². The van der Waals surface area contributed by atoms with Gasteiger partial charge in [0.05, 0.1) is 48.7 Å². The van der Waals surface area contributed by atoms with Gasteiger partial charge in [0.1, 0.15) is 17.3 Å². The number of aliphatic hydroxyl groups excluding tert-OH is 1. The number of Topliss-reactive ketones (excluding diaryl/α,β-unsaturated/α-hetero) is 1. The largest absolute Gasteiger partial charge is 0.507 e. The number of ether oxygens (including phenoxy) is 2. The molecule has 1 aliphatic rings. The Labute approximate surface area is 206 Å². The minimum atomic E-state index is -0.958. The van der Waals surface area contributed by atoms with Gasteiger partial charge in [0.15, 0.2) is 0 Å². The molecule has 7 nitrogen and oxygen atoms in total. The molecule has 0 saturated carbocycles. The Morgan fingerprint density at radius 2 is 1.79 bits per heavy atom. The molecular formula is C25H20Cl2N2O5. The normalized spacial score (nSPS) is 17.2. The van der Waals surface area contributed by atoms with E-state index in [1.807, 2.05) is 0 Å². The number of benzene rings is 2. The Hall–Kier alpha value is -3.55. The number of methoxy groups -OCH3 is 2. The van der Waals surface area contributed by atoms with Crippen molar-refractivity contribution in [1.82, 2.24) is 9.88 Å². The third kappa shape index (κ3) is 4.20. The molecule has 1 aliphatic heterocycles. The van der Waals surface area contributed by atoms with E-state index >= 15 is 0 Å². The van der Waals surface area contributed by atoms with E-state index in [2.05, 4.69) is 4.98 Å². The number of rotatable bonds is 6. The molecule has 1 aromatic heterocycles. The molecule has 174 valence electrons. The number of ketones is 1. The minimum absolute atomic E-state index is 0.0400. The average molecular weight is 499 g/mol. The summed E-state index contributed by atoms with van der Waals surface area (Å²) >= 11 is 12.4. The highest BCUT2D eigenvalue weighted by atomic mass is 35.5. The van der Waals surface area contributed by atoms with Crippen molar-refractivity contribution in [3.8, 4) is 11.5 Å². The smallest absolute Gasteiger partial charge is 0.296 e. The highest BCUT2D eigenvalue weighted by molar-refractivity contribution is 6.46. The van der Waals surface area contributed by atoms with Gasteiger partial charge in [-0.3, -0.25) is 14.6 Å². The first-order chi connectivity index (χ1) is 16.4. The summed E-state index contributed by atoms with van der Waals surface area (Å²) in [6.45, 7) is 0.0400. The number of amides is 1. The van der Waals surface area contributed by atoms with E-state index < -0.39 is 23.5 Å². The fraction of sp³-hybridized carbons (Fsp3) is 0.160. The van der Waals surface area contributed by atoms with Gasteiger partial charge in [-0.25, -0.2) is 0 Å². The number of carbonyl (C=O) groups excluding carboxylic acids is 2. The van der Waals surface area contributed by atoms with Crippen LogP contribution in [0.1, 0.15) is 22.9 Å². The van der Waals surface area contributed by atoms with Crippen LogP contribution in [0.4, 0.5) is 0 Å². The Morgan fingerprint density at radius 3 is 2.47 bits per heavy atom. The summed E-state index contributed by atoms with van der Waals surface area (Å²) in [7, 11) is 2.87. The van der Waals surface area contributed by atoms with Crippen molar-refractivity contribution in [3.63, 3.8) is 0 Å². The molecule has 1 saturated heterocycles. The molecule has 2 aromatic carbocycles. The fourth-order valence-electron chi connectivity index (χ4n) is 4.01. The van der Waals surface area contributed by atoms with E-state index in [9.17, 15) is 14.7 Å². The molecule has 1 amide bonds. The molecule has 4 rings (SSSR count). The summed E-state index contributed by atoms with van der Waals surface area (Å²) < 4.78 is 10.9. The maximum Gasteiger partial charge on any atom is 0.296 e. The molecule has 0 aliphatic carbocycles. The van der Waals surface area contributed by atoms with E-state index in [4.69, 9.17) is 32.7 Å². The van der Waals surface area contributed by atoms with E-state index in [1.54, 1.807) is 48.7 Å². The van der Waals surface area contributed by atoms with Crippen molar-refractivity contribution in [1.29, 1.82) is 0 Å². The van der Waals surface area contributed by atoms with E-state index in [-0.39, 0.29) is 33.5 Å². The van der Waals surface area contributed by atoms with E-state index in [0.29, 0.717) is 17.0 Å². The number of halogens is 2. The first-order valence-corrected chi connectivity index (χ1v) is 11.0. The van der Waals surface area contributed by atoms with Gasteiger partial charge >= 0.3 is 0 Å². The maximum atomic E-state index is 13.3. The quantitative estimate of drug-likeness (QED) is 0.291. The van der Waals surface area contributed by atoms with Crippen molar-refractivity contribution >= 4 is 40.7 Å². The lowest BCUT2D eigenvalue weighted by Gasteiger charge is -2.26. The predicted octanol–water partition coefficient (Wildman–Crippen LogP) is 5.03. The summed E-state index contributed by atoms with van der Waals surface area (Å²) in [5, 5.41) is 11.7. The lowest BCUT2D eigenvalue weighted by molar-refractivity contribution is -0.140. The number of aromatic nitrogens is 1. The van der Waals surface area contributed by atoms with Crippen LogP contribution in [0.3, 0.4) is 0 Å². The van der Waals surface area contributed by atoms with Crippen LogP contribution in [0.25, 0.3) is 5.76 Å². The zero-order chi connectivity index (χ0) is 24.4. The van der Waals surface area contributed by atoms with Crippen molar-refractivity contribution in [3.05, 3.63) is 93.2 Å². The lowest BCUT2D eigenvalue weighted by atomic mass is 9.94. The van der Waals surface area contributed by atoms with Gasteiger partial charge in [-0.15, -0.1) is 0 Å². The summed E-state index contributed by atoms with van der Waals surface area (Å²) in [5.41, 5.74) is 1.05. The van der Waals surface area contributed by atoms with Crippen LogP contribution in [-0.4, -0.2) is 40.9 Å². The first-order valence-electron chi connectivity index (χ1n) is 10.2. The summed E-state index contributed by atoms with van der Waals surface area (Å²) in [5.74, 6) is -1.53. The molecule has 9 heteroatoms. The molecule has 0 bridgehead atoms. The maximum absolute atomic E-state index is 13.3. The second-order valence-corrected chi connectivity index (χ2v) is 8.30. The number of para-hydroxylation sites is 1. The van der Waals surface area contributed by atoms with Crippen LogP contribution in [0, 0.1) is 0 Å². The van der Waals surface area contributed by atoms with Gasteiger partial charge < -0.3 is 19.5 Å². The van der Waals surface area contributed by atoms with Crippen LogP contribution in [0.5, 0.6) is 11.5 Å². The second kappa shape index (κ2) is 9.75. The molecule has 34 heavy (non-hydrogen) atoms. The van der Waals surface area contributed by atoms with Gasteiger partial charge in [0.25, 0.3) is 11.7 Å². The SMILES string of the molecule is COc1ccccc1C1/C(=C(\O)c2cc(Cl)cc(Cl)c2OC)C(=O)C(=O)N1Cc1ccccn1. The number of hydrogen-bond donors (Lipinski definition) is 1. The zero-order valence-corrected chi connectivity index (χ0v) is 19.8. The van der Waals surface area contributed by atoms with Gasteiger partial charge in [0.2, 0.25) is 0 Å². The number of hydrogen-bond acceptors (Lipinski definition) is 6. The van der Waals surface area contributed by atoms with Crippen LogP contribution in [0.15, 0.2) is 66.4 Å². The molecule has 3 aromatic rings. The molecule has 2 heterocycles. The molecule has 1 unspecified atom stereocenters. The van der Waals surface area contributed by atoms with Crippen LogP contribution < -0.4 is 9.47 Å². The zero-order valence-electron chi connectivity index (χ0n) is 18.3. The Bertz CT molecular complexity index is 1290. The van der Waals surface area contributed by atoms with Crippen molar-refractivity contribution in [2.24, 2.45) is 0 Å². The molecule has 1 N–H and O–H groups in total. The fourth-order valence-corrected chi connectivity index (χ4v) is 4.58. The van der Waals surface area contributed by atoms with Crippen LogP contribution in [0.2, 0.25) is 10.0 Å². The van der Waals surface area contributed by atoms with Gasteiger partial charge in [-0.2, -0.15) is 0 Å². The Kier molecular flexibility index (Phi) is 6.77. The molecular weight excluding hydrogens is 479 g/mol. The average Bonchev–Trinajstić information content (AvgIpc) is 3.08. The predicted molar refractivity (Wildman–Crippen MR) is 128 cm³/mol. The lowest BCUT2D eigenvalue weighted by Crippen LogP contribution is -2.29. The standard InChI is InChI=1S/C25H20Cl2N2O5/c1-33-19-9-4-3-8-16(19)21-20(22(30)17-11-14(26)12-18(27)24(17)34-2)23(31)25(32)29(21)13-15-7-5-6-10-28-15/h3-12,21,30H,13H2,1-2H3/b22-20+. The minimum Gasteiger partial charge on any atom is -0.507 e. The second-order valence-electron chi connectivity index (χ2n) is 7.46. The number of carbonyl (C=O) groups is 2. The summed E-state index contributed by atoms with van der Waals surface area (Å²) in [4.78, 5) is 32.1. The number of aliphatic hydroxyl groups is 1. The Balaban J connectivity index is 1.97. The monoisotopic (exact) mass is 498 g/mol. The number of likely N-dealkylation sites (tertiary alicyclic amines) is 1. The van der Waals surface area contributed by atoms with E-state index in [0.717, 1.165) is 0 Å². The van der Waals surface area contributed by atoms with Gasteiger partial charge in [0, 0.05) is 16.8 Å². The topological polar surface area (TPSA) is 89.0 Å². The first kappa shape index (κ1) is 23.6. The third-order valence-electron chi connectivity index (χ3n) is 5.50. The van der Waals surface area contributed by atoms with Crippen LogP contribution >= 0.6 is 23.2 Å². The van der Waals surface area contributed by atoms with Crippen molar-refractivity contribution in [2.45, 2.75) is 12.6 Å². The number of nitrogens with zero attached hydrogens (tertiary/aromatic N) is 2. The third-order valence-corrected chi connectivity index (χ3v) is 6.00. The summed E-state index contributed by atoms with van der Waals surface area (Å²) in [6, 6.07) is 14.2. The van der Waals surface area contributed by atoms with Gasteiger partial charge in [-0.1, -0.05) is 47.5 Å². The highest BCUT2D eigenvalue weighted by Gasteiger charge is 2.47.